The molecule has 0 bridgehead atoms. The Labute approximate surface area is 163 Å². The monoisotopic (exact) mass is 407 g/mol. The van der Waals surface area contributed by atoms with Crippen molar-refractivity contribution in [2.45, 2.75) is 75.3 Å². The first-order valence-corrected chi connectivity index (χ1v) is 13.9. The average molecular weight is 408 g/mol. The van der Waals surface area contributed by atoms with E-state index < -0.39 is 19.1 Å². The van der Waals surface area contributed by atoms with Gasteiger partial charge in [0.25, 0.3) is 0 Å². The van der Waals surface area contributed by atoms with Gasteiger partial charge in [0.15, 0.2) is 8.32 Å². The van der Waals surface area contributed by atoms with Crippen molar-refractivity contribution in [2.24, 2.45) is 0 Å². The minimum atomic E-state index is -1.92. The molecule has 27 heavy (non-hydrogen) atoms. The lowest BCUT2D eigenvalue weighted by Crippen LogP contribution is -2.44. The molecule has 2 aromatic heterocycles. The smallest absolute Gasteiger partial charge is 0.249 e. The van der Waals surface area contributed by atoms with E-state index in [1.807, 2.05) is 0 Å². The molecule has 0 saturated heterocycles. The maximum atomic E-state index is 12.1. The summed E-state index contributed by atoms with van der Waals surface area (Å²) >= 11 is 0. The molecule has 8 heteroatoms. The van der Waals surface area contributed by atoms with Crippen LogP contribution in [0.15, 0.2) is 22.1 Å². The Bertz CT molecular complexity index is 936. The Kier molecular flexibility index (Phi) is 5.44. The summed E-state index contributed by atoms with van der Waals surface area (Å²) in [6.07, 6.45) is 4.69. The summed E-state index contributed by atoms with van der Waals surface area (Å²) in [4.78, 5) is 23.5. The molecular weight excluding hydrogens is 378 g/mol. The fourth-order valence-electron chi connectivity index (χ4n) is 3.39. The predicted octanol–water partition coefficient (Wildman–Crippen LogP) is 3.71. The van der Waals surface area contributed by atoms with Crippen molar-refractivity contribution in [1.82, 2.24) is 15.0 Å². The highest BCUT2D eigenvalue weighted by molar-refractivity contribution is 7.84. The van der Waals surface area contributed by atoms with Crippen molar-refractivity contribution >= 4 is 30.2 Å². The number of H-pyrrole nitrogens is 1. The van der Waals surface area contributed by atoms with E-state index in [9.17, 15) is 9.00 Å². The summed E-state index contributed by atoms with van der Waals surface area (Å²) in [5.41, 5.74) is 1.08. The first-order valence-electron chi connectivity index (χ1n) is 9.42. The lowest BCUT2D eigenvalue weighted by atomic mass is 9.98. The van der Waals surface area contributed by atoms with Crippen molar-refractivity contribution in [1.29, 1.82) is 0 Å². The van der Waals surface area contributed by atoms with Crippen molar-refractivity contribution in [3.8, 4) is 0 Å². The average Bonchev–Trinajstić information content (AvgIpc) is 2.99. The van der Waals surface area contributed by atoms with Gasteiger partial charge in [0.05, 0.1) is 22.6 Å². The molecule has 1 aliphatic carbocycles. The predicted molar refractivity (Wildman–Crippen MR) is 111 cm³/mol. The summed E-state index contributed by atoms with van der Waals surface area (Å²) in [5, 5.41) is 1.21. The molecular formula is C19H29N3O3SSi. The van der Waals surface area contributed by atoms with Crippen LogP contribution in [0.2, 0.25) is 18.1 Å². The molecule has 1 aliphatic rings. The van der Waals surface area contributed by atoms with Gasteiger partial charge in [-0.05, 0) is 37.0 Å². The van der Waals surface area contributed by atoms with Crippen LogP contribution in [-0.4, -0.2) is 39.8 Å². The maximum Gasteiger partial charge on any atom is 0.249 e. The second-order valence-corrected chi connectivity index (χ2v) is 14.9. The molecule has 1 saturated carbocycles. The third-order valence-corrected chi connectivity index (χ3v) is 11.1. The quantitative estimate of drug-likeness (QED) is 0.617. The van der Waals surface area contributed by atoms with Crippen LogP contribution in [-0.2, 0) is 15.2 Å². The van der Waals surface area contributed by atoms with E-state index in [0.29, 0.717) is 5.65 Å². The Morgan fingerprint density at radius 1 is 1.22 bits per heavy atom. The number of fused-ring (bicyclic) bond motifs is 1. The minimum Gasteiger partial charge on any atom is -0.413 e. The van der Waals surface area contributed by atoms with Crippen molar-refractivity contribution < 1.29 is 8.63 Å². The van der Waals surface area contributed by atoms with Crippen LogP contribution in [0.1, 0.15) is 51.6 Å². The molecule has 0 radical (unpaired) electrons. The zero-order chi connectivity index (χ0) is 20.0. The lowest BCUT2D eigenvalue weighted by Gasteiger charge is -2.40. The summed E-state index contributed by atoms with van der Waals surface area (Å²) in [6, 6.07) is 3.27. The van der Waals surface area contributed by atoms with Crippen LogP contribution >= 0.6 is 0 Å². The Hall–Kier alpha value is -1.38. The van der Waals surface area contributed by atoms with Gasteiger partial charge >= 0.3 is 0 Å². The van der Waals surface area contributed by atoms with Crippen LogP contribution < -0.4 is 5.56 Å². The fourth-order valence-corrected chi connectivity index (χ4v) is 5.23. The van der Waals surface area contributed by atoms with E-state index in [4.69, 9.17) is 4.43 Å². The molecule has 1 fully saturated rings. The molecule has 3 atom stereocenters. The molecule has 0 aromatic carbocycles. The highest BCUT2D eigenvalue weighted by Crippen LogP contribution is 2.44. The molecule has 0 spiro atoms. The highest BCUT2D eigenvalue weighted by atomic mass is 32.2. The van der Waals surface area contributed by atoms with E-state index in [2.05, 4.69) is 48.8 Å². The van der Waals surface area contributed by atoms with E-state index in [-0.39, 0.29) is 27.8 Å². The topological polar surface area (TPSA) is 84.9 Å². The largest absolute Gasteiger partial charge is 0.413 e. The molecule has 6 nitrogen and oxygen atoms in total. The molecule has 2 aromatic rings. The number of pyridine rings is 1. The van der Waals surface area contributed by atoms with Gasteiger partial charge in [0, 0.05) is 23.6 Å². The second-order valence-electron chi connectivity index (χ2n) is 8.88. The third-order valence-electron chi connectivity index (χ3n) is 5.91. The highest BCUT2D eigenvalue weighted by Gasteiger charge is 2.43. The van der Waals surface area contributed by atoms with Gasteiger partial charge in [-0.3, -0.25) is 9.00 Å². The van der Waals surface area contributed by atoms with Gasteiger partial charge in [-0.15, -0.1) is 0 Å². The van der Waals surface area contributed by atoms with Crippen LogP contribution in [0.25, 0.3) is 11.0 Å². The summed E-state index contributed by atoms with van der Waals surface area (Å²) < 4.78 is 18.8. The first-order chi connectivity index (χ1) is 12.5. The normalized spacial score (nSPS) is 22.3. The van der Waals surface area contributed by atoms with Crippen molar-refractivity contribution in [3.63, 3.8) is 0 Å². The van der Waals surface area contributed by atoms with Gasteiger partial charge in [-0.1, -0.05) is 27.2 Å². The summed E-state index contributed by atoms with van der Waals surface area (Å²) in [7, 11) is -3.24. The van der Waals surface area contributed by atoms with E-state index in [1.165, 1.54) is 6.07 Å². The number of nitrogens with one attached hydrogen (secondary N) is 1. The second kappa shape index (κ2) is 7.22. The zero-order valence-corrected chi connectivity index (χ0v) is 18.8. The van der Waals surface area contributed by atoms with Gasteiger partial charge < -0.3 is 9.41 Å². The molecule has 3 unspecified atom stereocenters. The maximum absolute atomic E-state index is 12.1. The molecule has 148 valence electrons. The van der Waals surface area contributed by atoms with Crippen LogP contribution in [0.4, 0.5) is 0 Å². The van der Waals surface area contributed by atoms with E-state index in [0.717, 1.165) is 30.3 Å². The van der Waals surface area contributed by atoms with Crippen molar-refractivity contribution in [2.75, 3.05) is 6.26 Å². The zero-order valence-electron chi connectivity index (χ0n) is 17.0. The van der Waals surface area contributed by atoms with Crippen molar-refractivity contribution in [3.05, 3.63) is 28.2 Å². The van der Waals surface area contributed by atoms with Gasteiger partial charge in [-0.25, -0.2) is 9.97 Å². The van der Waals surface area contributed by atoms with Gasteiger partial charge in [-0.2, -0.15) is 0 Å². The number of aromatic nitrogens is 3. The Morgan fingerprint density at radius 3 is 2.56 bits per heavy atom. The van der Waals surface area contributed by atoms with E-state index in [1.54, 1.807) is 12.3 Å². The number of aromatic amines is 1. The molecule has 1 N–H and O–H groups in total. The SMILES string of the molecule is CS(=O)c1nc(C2CCCC2O[Si](C)(C)C(C)(C)C)c2ccc(=O)[nH]c2n1. The van der Waals surface area contributed by atoms with Gasteiger partial charge in [0.1, 0.15) is 5.65 Å². The van der Waals surface area contributed by atoms with Gasteiger partial charge in [0.2, 0.25) is 10.7 Å². The number of hydrogen-bond donors (Lipinski definition) is 1. The fraction of sp³-hybridized carbons (Fsp3) is 0.632. The van der Waals surface area contributed by atoms with Crippen LogP contribution in [0, 0.1) is 0 Å². The van der Waals surface area contributed by atoms with Crippen LogP contribution in [0.3, 0.4) is 0 Å². The Balaban J connectivity index is 2.07. The summed E-state index contributed by atoms with van der Waals surface area (Å²) in [5.74, 6) is 0.123. The minimum absolute atomic E-state index is 0.0917. The number of hydrogen-bond acceptors (Lipinski definition) is 5. The molecule has 3 rings (SSSR count). The van der Waals surface area contributed by atoms with E-state index >= 15 is 0 Å². The molecule has 2 heterocycles. The Morgan fingerprint density at radius 2 is 1.93 bits per heavy atom. The third kappa shape index (κ3) is 4.07. The lowest BCUT2D eigenvalue weighted by molar-refractivity contribution is 0.169. The number of rotatable bonds is 4. The molecule has 0 aliphatic heterocycles. The standard InChI is InChI=1S/C19H29N3O3SSi/c1-19(2,3)27(5,6)25-14-9-7-8-12(14)16-13-10-11-15(23)20-17(13)22-18(21-16)26(4)24/h10-12,14H,7-9H2,1-6H3,(H,20,21,22,23). The summed E-state index contributed by atoms with van der Waals surface area (Å²) in [6.45, 7) is 11.3. The van der Waals surface area contributed by atoms with Crippen LogP contribution in [0.5, 0.6) is 0 Å². The first kappa shape index (κ1) is 20.4. The number of nitrogens with zero attached hydrogens (tertiary/aromatic N) is 2. The molecule has 0 amide bonds.